The van der Waals surface area contributed by atoms with Crippen molar-refractivity contribution in [3.05, 3.63) is 59.7 Å². The molecule has 4 rings (SSSR count). The molecule has 142 valence electrons. The van der Waals surface area contributed by atoms with Crippen molar-refractivity contribution >= 4 is 6.09 Å². The van der Waals surface area contributed by atoms with Gasteiger partial charge in [-0.05, 0) is 49.4 Å². The van der Waals surface area contributed by atoms with Crippen LogP contribution < -0.4 is 0 Å². The number of aliphatic hydroxyl groups excluding tert-OH is 1. The standard InChI is InChI=1S/C23H27NO3/c1-23(2,3)27-22(26)24-13-15(14-25)21(24)12-20-18-10-6-4-8-16(18)17-9-5-7-11-19(17)20/h4-11,15,20-21,25H,12-14H2,1-3H3. The average Bonchev–Trinajstić information content (AvgIpc) is 2.92. The van der Waals surface area contributed by atoms with Crippen LogP contribution in [0.25, 0.3) is 11.1 Å². The summed E-state index contributed by atoms with van der Waals surface area (Å²) < 4.78 is 5.57. The van der Waals surface area contributed by atoms with Crippen LogP contribution in [-0.2, 0) is 4.74 Å². The second-order valence-electron chi connectivity index (χ2n) is 8.61. The van der Waals surface area contributed by atoms with Crippen molar-refractivity contribution in [2.24, 2.45) is 5.92 Å². The molecule has 1 saturated heterocycles. The molecule has 1 aliphatic heterocycles. The lowest BCUT2D eigenvalue weighted by molar-refractivity contribution is -0.0464. The first-order valence-electron chi connectivity index (χ1n) is 9.68. The van der Waals surface area contributed by atoms with Crippen LogP contribution >= 0.6 is 0 Å². The molecular formula is C23H27NO3. The first kappa shape index (κ1) is 18.1. The number of hydrogen-bond acceptors (Lipinski definition) is 3. The van der Waals surface area contributed by atoms with Gasteiger partial charge in [-0.25, -0.2) is 4.79 Å². The van der Waals surface area contributed by atoms with Crippen LogP contribution in [0.5, 0.6) is 0 Å². The molecule has 2 aromatic rings. The Bertz CT molecular complexity index is 809. The van der Waals surface area contributed by atoms with Gasteiger partial charge in [0.2, 0.25) is 0 Å². The van der Waals surface area contributed by atoms with E-state index in [0.29, 0.717) is 6.54 Å². The monoisotopic (exact) mass is 365 g/mol. The van der Waals surface area contributed by atoms with Gasteiger partial charge in [0.05, 0.1) is 0 Å². The molecule has 1 amide bonds. The van der Waals surface area contributed by atoms with E-state index in [4.69, 9.17) is 4.74 Å². The molecule has 2 aromatic carbocycles. The summed E-state index contributed by atoms with van der Waals surface area (Å²) in [5.41, 5.74) is 4.67. The summed E-state index contributed by atoms with van der Waals surface area (Å²) in [5, 5.41) is 9.77. The van der Waals surface area contributed by atoms with Gasteiger partial charge in [0.1, 0.15) is 5.60 Å². The van der Waals surface area contributed by atoms with Crippen LogP contribution in [0, 0.1) is 5.92 Å². The Morgan fingerprint density at radius 3 is 2.15 bits per heavy atom. The summed E-state index contributed by atoms with van der Waals surface area (Å²) in [6.45, 7) is 6.30. The number of amides is 1. The number of nitrogens with zero attached hydrogens (tertiary/aromatic N) is 1. The molecule has 0 aromatic heterocycles. The zero-order chi connectivity index (χ0) is 19.2. The zero-order valence-corrected chi connectivity index (χ0v) is 16.2. The lowest BCUT2D eigenvalue weighted by atomic mass is 9.80. The number of fused-ring (bicyclic) bond motifs is 3. The van der Waals surface area contributed by atoms with Gasteiger partial charge in [0.25, 0.3) is 0 Å². The highest BCUT2D eigenvalue weighted by molar-refractivity contribution is 5.79. The third kappa shape index (κ3) is 3.23. The van der Waals surface area contributed by atoms with Gasteiger partial charge < -0.3 is 14.7 Å². The minimum Gasteiger partial charge on any atom is -0.444 e. The molecule has 1 heterocycles. The molecule has 4 heteroatoms. The largest absolute Gasteiger partial charge is 0.444 e. The highest BCUT2D eigenvalue weighted by Gasteiger charge is 2.45. The molecule has 2 atom stereocenters. The highest BCUT2D eigenvalue weighted by Crippen LogP contribution is 2.48. The topological polar surface area (TPSA) is 49.8 Å². The van der Waals surface area contributed by atoms with Crippen molar-refractivity contribution in [3.8, 4) is 11.1 Å². The summed E-state index contributed by atoms with van der Waals surface area (Å²) in [4.78, 5) is 14.4. The van der Waals surface area contributed by atoms with Crippen molar-refractivity contribution in [2.45, 2.75) is 44.8 Å². The Labute approximate surface area is 160 Å². The van der Waals surface area contributed by atoms with E-state index >= 15 is 0 Å². The van der Waals surface area contributed by atoms with E-state index in [9.17, 15) is 9.90 Å². The fourth-order valence-electron chi connectivity index (χ4n) is 4.41. The molecular weight excluding hydrogens is 338 g/mol. The van der Waals surface area contributed by atoms with E-state index in [0.717, 1.165) is 6.42 Å². The number of carbonyl (C=O) groups excluding carboxylic acids is 1. The molecule has 0 radical (unpaired) electrons. The van der Waals surface area contributed by atoms with E-state index in [1.165, 1.54) is 22.3 Å². The van der Waals surface area contributed by atoms with E-state index in [1.807, 2.05) is 20.8 Å². The SMILES string of the molecule is CC(C)(C)OC(=O)N1CC(CO)C1CC1c2ccccc2-c2ccccc21. The third-order valence-electron chi connectivity index (χ3n) is 5.68. The fraction of sp³-hybridized carbons (Fsp3) is 0.435. The number of carbonyl (C=O) groups is 1. The fourth-order valence-corrected chi connectivity index (χ4v) is 4.41. The van der Waals surface area contributed by atoms with Crippen LogP contribution in [-0.4, -0.2) is 40.9 Å². The van der Waals surface area contributed by atoms with Crippen LogP contribution in [0.3, 0.4) is 0 Å². The van der Waals surface area contributed by atoms with E-state index in [1.54, 1.807) is 4.90 Å². The number of aliphatic hydroxyl groups is 1. The van der Waals surface area contributed by atoms with Crippen LogP contribution in [0.2, 0.25) is 0 Å². The van der Waals surface area contributed by atoms with Gasteiger partial charge >= 0.3 is 6.09 Å². The second kappa shape index (κ2) is 6.68. The van der Waals surface area contributed by atoms with Crippen LogP contribution in [0.15, 0.2) is 48.5 Å². The first-order chi connectivity index (χ1) is 12.9. The van der Waals surface area contributed by atoms with E-state index in [-0.39, 0.29) is 30.6 Å². The number of benzene rings is 2. The van der Waals surface area contributed by atoms with Crippen molar-refractivity contribution in [3.63, 3.8) is 0 Å². The van der Waals surface area contributed by atoms with Gasteiger partial charge in [0, 0.05) is 31.0 Å². The van der Waals surface area contributed by atoms with Crippen molar-refractivity contribution in [2.75, 3.05) is 13.2 Å². The summed E-state index contributed by atoms with van der Waals surface area (Å²) >= 11 is 0. The Morgan fingerprint density at radius 1 is 1.07 bits per heavy atom. The zero-order valence-electron chi connectivity index (χ0n) is 16.2. The molecule has 2 aliphatic rings. The Balaban J connectivity index is 1.61. The number of likely N-dealkylation sites (tertiary alicyclic amines) is 1. The van der Waals surface area contributed by atoms with E-state index < -0.39 is 5.60 Å². The molecule has 1 aliphatic carbocycles. The Morgan fingerprint density at radius 2 is 1.63 bits per heavy atom. The maximum absolute atomic E-state index is 12.6. The van der Waals surface area contributed by atoms with Gasteiger partial charge in [-0.1, -0.05) is 48.5 Å². The lowest BCUT2D eigenvalue weighted by Gasteiger charge is -2.48. The predicted molar refractivity (Wildman–Crippen MR) is 106 cm³/mol. The van der Waals surface area contributed by atoms with Crippen molar-refractivity contribution in [1.82, 2.24) is 4.90 Å². The van der Waals surface area contributed by atoms with Crippen molar-refractivity contribution in [1.29, 1.82) is 0 Å². The summed E-state index contributed by atoms with van der Waals surface area (Å²) in [6.07, 6.45) is 0.523. The molecule has 1 N–H and O–H groups in total. The van der Waals surface area contributed by atoms with Crippen molar-refractivity contribution < 1.29 is 14.6 Å². The number of hydrogen-bond donors (Lipinski definition) is 1. The number of ether oxygens (including phenoxy) is 1. The smallest absolute Gasteiger partial charge is 0.410 e. The van der Waals surface area contributed by atoms with Gasteiger partial charge in [-0.2, -0.15) is 0 Å². The van der Waals surface area contributed by atoms with Gasteiger partial charge in [0.15, 0.2) is 0 Å². The minimum atomic E-state index is -0.515. The van der Waals surface area contributed by atoms with Crippen LogP contribution in [0.1, 0.15) is 44.2 Å². The number of rotatable bonds is 3. The molecule has 2 unspecified atom stereocenters. The summed E-state index contributed by atoms with van der Waals surface area (Å²) in [7, 11) is 0. The molecule has 1 fully saturated rings. The molecule has 0 saturated carbocycles. The molecule has 4 nitrogen and oxygen atoms in total. The maximum Gasteiger partial charge on any atom is 0.410 e. The van der Waals surface area contributed by atoms with E-state index in [2.05, 4.69) is 48.5 Å². The van der Waals surface area contributed by atoms with Crippen LogP contribution in [0.4, 0.5) is 4.79 Å². The average molecular weight is 365 g/mol. The summed E-state index contributed by atoms with van der Waals surface area (Å²) in [5.74, 6) is 0.346. The quantitative estimate of drug-likeness (QED) is 0.876. The predicted octanol–water partition coefficient (Wildman–Crippen LogP) is 4.42. The molecule has 0 spiro atoms. The lowest BCUT2D eigenvalue weighted by Crippen LogP contribution is -2.61. The Hall–Kier alpha value is -2.33. The van der Waals surface area contributed by atoms with Gasteiger partial charge in [-0.15, -0.1) is 0 Å². The molecule has 0 bridgehead atoms. The minimum absolute atomic E-state index is 0.00550. The normalized spacial score (nSPS) is 21.4. The third-order valence-corrected chi connectivity index (χ3v) is 5.68. The second-order valence-corrected chi connectivity index (χ2v) is 8.61. The van der Waals surface area contributed by atoms with Gasteiger partial charge in [-0.3, -0.25) is 0 Å². The summed E-state index contributed by atoms with van der Waals surface area (Å²) in [6, 6.07) is 17.0. The Kier molecular flexibility index (Phi) is 4.47. The maximum atomic E-state index is 12.6. The molecule has 27 heavy (non-hydrogen) atoms. The highest BCUT2D eigenvalue weighted by atomic mass is 16.6. The first-order valence-corrected chi connectivity index (χ1v) is 9.68.